The number of halogens is 1. The molecule has 1 amide bonds. The molecule has 1 unspecified atom stereocenters. The van der Waals surface area contributed by atoms with Crippen LogP contribution in [0.5, 0.6) is 0 Å². The van der Waals surface area contributed by atoms with Crippen LogP contribution in [0.15, 0.2) is 93.2 Å². The molecule has 192 valence electrons. The maximum absolute atomic E-state index is 13.7. The zero-order valence-corrected chi connectivity index (χ0v) is 22.7. The van der Waals surface area contributed by atoms with Gasteiger partial charge in [0.05, 0.1) is 23.9 Å². The van der Waals surface area contributed by atoms with Crippen molar-refractivity contribution >= 4 is 38.5 Å². The van der Waals surface area contributed by atoms with Crippen LogP contribution < -0.4 is 5.56 Å². The summed E-state index contributed by atoms with van der Waals surface area (Å²) in [5, 5.41) is 7.45. The molecule has 6 rings (SSSR count). The Hall–Kier alpha value is -3.55. The van der Waals surface area contributed by atoms with Crippen molar-refractivity contribution in [2.75, 3.05) is 19.6 Å². The number of carbonyl (C=O) groups excluding carboxylic acids is 1. The van der Waals surface area contributed by atoms with E-state index in [9.17, 15) is 9.59 Å². The van der Waals surface area contributed by atoms with Gasteiger partial charge in [-0.2, -0.15) is 5.10 Å². The number of piperidine rings is 1. The normalized spacial score (nSPS) is 18.1. The van der Waals surface area contributed by atoms with Crippen molar-refractivity contribution in [3.63, 3.8) is 0 Å². The summed E-state index contributed by atoms with van der Waals surface area (Å²) in [6.45, 7) is 2.21. The van der Waals surface area contributed by atoms with E-state index in [1.807, 2.05) is 78.9 Å². The number of benzene rings is 3. The van der Waals surface area contributed by atoms with Gasteiger partial charge in [-0.25, -0.2) is 5.01 Å². The molecule has 38 heavy (non-hydrogen) atoms. The second-order valence-corrected chi connectivity index (χ2v) is 10.9. The number of fused-ring (bicyclic) bond motifs is 1. The molecule has 2 aliphatic heterocycles. The topological polar surface area (TPSA) is 68.8 Å². The minimum absolute atomic E-state index is 0.0306. The summed E-state index contributed by atoms with van der Waals surface area (Å²) >= 11 is 3.60. The van der Waals surface area contributed by atoms with Gasteiger partial charge in [-0.1, -0.05) is 83.0 Å². The number of carbonyl (C=O) groups is 1. The molecule has 0 radical (unpaired) electrons. The molecule has 1 atom stereocenters. The van der Waals surface area contributed by atoms with E-state index in [4.69, 9.17) is 5.10 Å². The number of aromatic nitrogens is 1. The van der Waals surface area contributed by atoms with E-state index in [2.05, 4.69) is 25.8 Å². The predicted molar refractivity (Wildman–Crippen MR) is 155 cm³/mol. The Balaban J connectivity index is 1.49. The summed E-state index contributed by atoms with van der Waals surface area (Å²) in [4.78, 5) is 32.6. The van der Waals surface area contributed by atoms with Gasteiger partial charge < -0.3 is 4.98 Å². The van der Waals surface area contributed by atoms with Crippen LogP contribution in [0.25, 0.3) is 22.0 Å². The summed E-state index contributed by atoms with van der Waals surface area (Å²) in [5.74, 6) is -0.0306. The highest BCUT2D eigenvalue weighted by molar-refractivity contribution is 9.10. The van der Waals surface area contributed by atoms with E-state index < -0.39 is 0 Å². The van der Waals surface area contributed by atoms with Crippen molar-refractivity contribution in [3.8, 4) is 11.1 Å². The van der Waals surface area contributed by atoms with Crippen LogP contribution in [-0.4, -0.2) is 46.1 Å². The molecule has 0 aliphatic carbocycles. The monoisotopic (exact) mass is 568 g/mol. The lowest BCUT2D eigenvalue weighted by Gasteiger charge is -2.29. The maximum atomic E-state index is 13.7. The van der Waals surface area contributed by atoms with E-state index in [0.717, 1.165) is 58.0 Å². The summed E-state index contributed by atoms with van der Waals surface area (Å²) < 4.78 is 0.925. The summed E-state index contributed by atoms with van der Waals surface area (Å²) in [7, 11) is 0. The van der Waals surface area contributed by atoms with Crippen LogP contribution in [0.4, 0.5) is 0 Å². The number of likely N-dealkylation sites (tertiary alicyclic amines) is 1. The van der Waals surface area contributed by atoms with Crippen LogP contribution in [0, 0.1) is 0 Å². The molecular formula is C31H29BrN4O2. The average molecular weight is 570 g/mol. The summed E-state index contributed by atoms with van der Waals surface area (Å²) in [6.07, 6.45) is 3.92. The zero-order chi connectivity index (χ0) is 26.1. The number of amides is 1. The van der Waals surface area contributed by atoms with Crippen LogP contribution in [-0.2, 0) is 4.79 Å². The van der Waals surface area contributed by atoms with Gasteiger partial charge in [-0.3, -0.25) is 14.5 Å². The Bertz CT molecular complexity index is 1560. The molecule has 6 nitrogen and oxygen atoms in total. The first-order chi connectivity index (χ1) is 18.6. The van der Waals surface area contributed by atoms with Crippen molar-refractivity contribution in [2.45, 2.75) is 31.7 Å². The van der Waals surface area contributed by atoms with Crippen molar-refractivity contribution in [1.29, 1.82) is 0 Å². The smallest absolute Gasteiger partial charge is 0.258 e. The Kier molecular flexibility index (Phi) is 6.96. The highest BCUT2D eigenvalue weighted by Gasteiger charge is 2.36. The number of pyridine rings is 1. The fourth-order valence-corrected chi connectivity index (χ4v) is 6.01. The van der Waals surface area contributed by atoms with E-state index in [0.29, 0.717) is 24.2 Å². The second-order valence-electron chi connectivity index (χ2n) is 10.0. The molecule has 3 aromatic carbocycles. The first-order valence-electron chi connectivity index (χ1n) is 13.2. The van der Waals surface area contributed by atoms with Gasteiger partial charge in [0, 0.05) is 27.4 Å². The number of nitrogens with one attached hydrogen (secondary N) is 1. The number of hydrogen-bond acceptors (Lipinski definition) is 4. The molecule has 1 aromatic heterocycles. The van der Waals surface area contributed by atoms with Crippen LogP contribution in [0.1, 0.15) is 42.9 Å². The molecule has 7 heteroatoms. The largest absolute Gasteiger partial charge is 0.321 e. The number of hydrazone groups is 1. The molecule has 0 bridgehead atoms. The van der Waals surface area contributed by atoms with Crippen molar-refractivity contribution in [2.24, 2.45) is 5.10 Å². The van der Waals surface area contributed by atoms with Gasteiger partial charge in [-0.05, 0) is 55.3 Å². The number of hydrogen-bond donors (Lipinski definition) is 1. The van der Waals surface area contributed by atoms with Crippen molar-refractivity contribution in [3.05, 3.63) is 105 Å². The van der Waals surface area contributed by atoms with Gasteiger partial charge in [-0.15, -0.1) is 0 Å². The molecule has 1 saturated heterocycles. The van der Waals surface area contributed by atoms with Crippen LogP contribution >= 0.6 is 15.9 Å². The molecule has 4 aromatic rings. The van der Waals surface area contributed by atoms with Gasteiger partial charge >= 0.3 is 0 Å². The number of aromatic amines is 1. The van der Waals surface area contributed by atoms with Gasteiger partial charge in [0.2, 0.25) is 0 Å². The predicted octanol–water partition coefficient (Wildman–Crippen LogP) is 6.12. The van der Waals surface area contributed by atoms with Crippen molar-refractivity contribution < 1.29 is 4.79 Å². The molecule has 0 saturated carbocycles. The lowest BCUT2D eigenvalue weighted by atomic mass is 9.91. The molecular weight excluding hydrogens is 540 g/mol. The van der Waals surface area contributed by atoms with E-state index in [1.165, 1.54) is 6.42 Å². The van der Waals surface area contributed by atoms with E-state index in [-0.39, 0.29) is 17.5 Å². The minimum atomic E-state index is -0.260. The number of H-pyrrole nitrogens is 1. The standard InChI is InChI=1S/C31H29BrN4O2/c32-23-14-15-25-24(18-23)29(22-12-6-2-7-13-22)30(31(38)33-25)26-19-27(21-10-4-1-5-11-21)36(34-26)28(37)20-35-16-8-3-9-17-35/h1-2,4-7,10-15,18,27H,3,8-9,16-17,19-20H2,(H,33,38). The lowest BCUT2D eigenvalue weighted by molar-refractivity contribution is -0.134. The van der Waals surface area contributed by atoms with Gasteiger partial charge in [0.25, 0.3) is 11.5 Å². The molecule has 1 N–H and O–H groups in total. The Labute approximate surface area is 230 Å². The third-order valence-corrected chi connectivity index (χ3v) is 7.98. The molecule has 1 fully saturated rings. The Morgan fingerprint density at radius 2 is 1.63 bits per heavy atom. The first kappa shape index (κ1) is 24.8. The minimum Gasteiger partial charge on any atom is -0.321 e. The lowest BCUT2D eigenvalue weighted by Crippen LogP contribution is -2.40. The second kappa shape index (κ2) is 10.7. The third-order valence-electron chi connectivity index (χ3n) is 7.49. The van der Waals surface area contributed by atoms with Gasteiger partial charge in [0.15, 0.2) is 0 Å². The fraction of sp³-hybridized carbons (Fsp3) is 0.258. The van der Waals surface area contributed by atoms with Crippen LogP contribution in [0.3, 0.4) is 0 Å². The van der Waals surface area contributed by atoms with Crippen LogP contribution in [0.2, 0.25) is 0 Å². The summed E-state index contributed by atoms with van der Waals surface area (Å²) in [5.41, 5.74) is 4.50. The van der Waals surface area contributed by atoms with E-state index in [1.54, 1.807) is 5.01 Å². The average Bonchev–Trinajstić information content (AvgIpc) is 3.39. The van der Waals surface area contributed by atoms with Crippen molar-refractivity contribution in [1.82, 2.24) is 14.9 Å². The van der Waals surface area contributed by atoms with E-state index >= 15 is 0 Å². The Morgan fingerprint density at radius 1 is 0.921 bits per heavy atom. The fourth-order valence-electron chi connectivity index (χ4n) is 5.65. The van der Waals surface area contributed by atoms with Gasteiger partial charge in [0.1, 0.15) is 0 Å². The summed E-state index contributed by atoms with van der Waals surface area (Å²) in [6, 6.07) is 25.5. The maximum Gasteiger partial charge on any atom is 0.258 e. The first-order valence-corrected chi connectivity index (χ1v) is 14.0. The number of nitrogens with zero attached hydrogens (tertiary/aromatic N) is 3. The number of rotatable bonds is 5. The molecule has 2 aliphatic rings. The SMILES string of the molecule is O=C(CN1CCCCC1)N1N=C(c2c(-c3ccccc3)c3cc(Br)ccc3[nH]c2=O)CC1c1ccccc1. The zero-order valence-electron chi connectivity index (χ0n) is 21.1. The third kappa shape index (κ3) is 4.84. The Morgan fingerprint density at radius 3 is 2.37 bits per heavy atom. The highest BCUT2D eigenvalue weighted by Crippen LogP contribution is 2.37. The molecule has 0 spiro atoms. The molecule has 3 heterocycles. The highest BCUT2D eigenvalue weighted by atomic mass is 79.9. The quantitative estimate of drug-likeness (QED) is 0.315.